The van der Waals surface area contributed by atoms with Gasteiger partial charge in [-0.3, -0.25) is 4.79 Å². The lowest BCUT2D eigenvalue weighted by molar-refractivity contribution is 0.0180. The summed E-state index contributed by atoms with van der Waals surface area (Å²) in [5.74, 6) is 0.646. The third-order valence-electron chi connectivity index (χ3n) is 4.51. The first-order valence-electron chi connectivity index (χ1n) is 9.12. The number of likely N-dealkylation sites (tertiary alicyclic amines) is 1. The number of nitrogen functional groups attached to an aromatic ring is 1. The molecule has 1 aliphatic heterocycles. The fourth-order valence-corrected chi connectivity index (χ4v) is 3.19. The highest BCUT2D eigenvalue weighted by atomic mass is 35.5. The number of nitrogens with two attached hydrogens (primary N) is 1. The Bertz CT molecular complexity index is 695. The van der Waals surface area contributed by atoms with Crippen molar-refractivity contribution < 1.29 is 19.1 Å². The molecule has 1 amide bonds. The van der Waals surface area contributed by atoms with Gasteiger partial charge in [0.05, 0.1) is 17.7 Å². The van der Waals surface area contributed by atoms with Crippen LogP contribution in [0.25, 0.3) is 0 Å². The summed E-state index contributed by atoms with van der Waals surface area (Å²) in [6.07, 6.45) is 2.54. The number of pyridine rings is 1. The number of ether oxygens (including phenoxy) is 2. The minimum Gasteiger partial charge on any atom is -0.480 e. The van der Waals surface area contributed by atoms with E-state index < -0.39 is 5.60 Å². The van der Waals surface area contributed by atoms with E-state index in [1.165, 1.54) is 13.2 Å². The molecule has 0 radical (unpaired) electrons. The summed E-state index contributed by atoms with van der Waals surface area (Å²) >= 11 is 5.98. The zero-order valence-corrected chi connectivity index (χ0v) is 17.1. The number of hydrogen-bond acceptors (Lipinski definition) is 6. The number of Topliss-reactive ketones (excluding diaryl/α,β-unsaturated/α-hetero) is 1. The highest BCUT2D eigenvalue weighted by molar-refractivity contribution is 6.33. The Balaban J connectivity index is 1.86. The van der Waals surface area contributed by atoms with E-state index in [4.69, 9.17) is 26.8 Å². The van der Waals surface area contributed by atoms with Crippen LogP contribution < -0.4 is 10.5 Å². The van der Waals surface area contributed by atoms with E-state index in [2.05, 4.69) is 4.98 Å². The summed E-state index contributed by atoms with van der Waals surface area (Å²) in [5, 5.41) is 0.241. The van der Waals surface area contributed by atoms with Crippen LogP contribution in [0, 0.1) is 5.92 Å². The van der Waals surface area contributed by atoms with Gasteiger partial charge in [-0.2, -0.15) is 4.98 Å². The Morgan fingerprint density at radius 3 is 2.52 bits per heavy atom. The summed E-state index contributed by atoms with van der Waals surface area (Å²) < 4.78 is 10.5. The molecule has 0 bridgehead atoms. The molecule has 8 heteroatoms. The zero-order chi connectivity index (χ0) is 20.2. The second-order valence-electron chi connectivity index (χ2n) is 7.78. The van der Waals surface area contributed by atoms with Crippen LogP contribution in [0.1, 0.15) is 56.8 Å². The third-order valence-corrected chi connectivity index (χ3v) is 4.81. The average Bonchev–Trinajstić information content (AvgIpc) is 2.60. The largest absolute Gasteiger partial charge is 0.480 e. The fourth-order valence-electron chi connectivity index (χ4n) is 3.04. The molecule has 0 aliphatic carbocycles. The molecular formula is C19H28ClN3O4. The molecule has 1 aromatic rings. The normalized spacial score (nSPS) is 15.5. The average molecular weight is 398 g/mol. The van der Waals surface area contributed by atoms with Crippen molar-refractivity contribution in [2.24, 2.45) is 5.92 Å². The first kappa shape index (κ1) is 21.3. The van der Waals surface area contributed by atoms with Gasteiger partial charge < -0.3 is 20.1 Å². The number of aromatic nitrogens is 1. The summed E-state index contributed by atoms with van der Waals surface area (Å²) in [4.78, 5) is 30.4. The lowest BCUT2D eigenvalue weighted by Crippen LogP contribution is -2.41. The highest BCUT2D eigenvalue weighted by Crippen LogP contribution is 2.28. The molecule has 2 N–H and O–H groups in total. The monoisotopic (exact) mass is 397 g/mol. The summed E-state index contributed by atoms with van der Waals surface area (Å²) in [5.41, 5.74) is 5.51. The van der Waals surface area contributed by atoms with Gasteiger partial charge in [-0.25, -0.2) is 4.79 Å². The molecule has 0 atom stereocenters. The molecule has 1 aromatic heterocycles. The van der Waals surface area contributed by atoms with Crippen LogP contribution in [0.4, 0.5) is 10.6 Å². The Hall–Kier alpha value is -2.02. The first-order valence-corrected chi connectivity index (χ1v) is 9.49. The molecule has 0 saturated carbocycles. The van der Waals surface area contributed by atoms with Crippen molar-refractivity contribution in [3.05, 3.63) is 16.7 Å². The van der Waals surface area contributed by atoms with Gasteiger partial charge in [0, 0.05) is 19.5 Å². The molecule has 1 aliphatic rings. The second kappa shape index (κ2) is 8.78. The molecule has 7 nitrogen and oxygen atoms in total. The van der Waals surface area contributed by atoms with Gasteiger partial charge in [0.2, 0.25) is 5.88 Å². The maximum atomic E-state index is 12.6. The van der Waals surface area contributed by atoms with Crippen LogP contribution in [-0.2, 0) is 4.74 Å². The number of carbonyl (C=O) groups is 2. The standard InChI is InChI=1S/C19H28ClN3O4/c1-19(2,3)27-18(25)23-9-7-12(8-10-23)5-6-15(24)13-11-14(20)16(21)22-17(13)26-4/h11-12H,5-10H2,1-4H3,(H2,21,22). The Morgan fingerprint density at radius 1 is 1.33 bits per heavy atom. The number of hydrogen-bond donors (Lipinski definition) is 1. The quantitative estimate of drug-likeness (QED) is 0.756. The van der Waals surface area contributed by atoms with Crippen LogP contribution in [0.2, 0.25) is 5.02 Å². The van der Waals surface area contributed by atoms with Crippen molar-refractivity contribution in [2.45, 2.75) is 52.1 Å². The minimum atomic E-state index is -0.492. The van der Waals surface area contributed by atoms with Gasteiger partial charge in [0.25, 0.3) is 0 Å². The van der Waals surface area contributed by atoms with E-state index in [9.17, 15) is 9.59 Å². The Morgan fingerprint density at radius 2 is 1.96 bits per heavy atom. The lowest BCUT2D eigenvalue weighted by atomic mass is 9.90. The Kier molecular flexibility index (Phi) is 6.92. The predicted octanol–water partition coefficient (Wildman–Crippen LogP) is 3.94. The highest BCUT2D eigenvalue weighted by Gasteiger charge is 2.27. The van der Waals surface area contributed by atoms with Gasteiger partial charge in [0.1, 0.15) is 11.4 Å². The van der Waals surface area contributed by atoms with Gasteiger partial charge in [-0.05, 0) is 52.0 Å². The number of halogens is 1. The molecule has 27 heavy (non-hydrogen) atoms. The summed E-state index contributed by atoms with van der Waals surface area (Å²) in [6, 6.07) is 1.51. The molecule has 150 valence electrons. The number of nitrogens with zero attached hydrogens (tertiary/aromatic N) is 2. The van der Waals surface area contributed by atoms with Crippen LogP contribution in [0.3, 0.4) is 0 Å². The molecule has 0 unspecified atom stereocenters. The molecule has 1 saturated heterocycles. The fraction of sp³-hybridized carbons (Fsp3) is 0.632. The number of piperidine rings is 1. The van der Waals surface area contributed by atoms with Crippen molar-refractivity contribution >= 4 is 29.3 Å². The van der Waals surface area contributed by atoms with Crippen molar-refractivity contribution in [2.75, 3.05) is 25.9 Å². The topological polar surface area (TPSA) is 94.8 Å². The van der Waals surface area contributed by atoms with Crippen LogP contribution >= 0.6 is 11.6 Å². The molecule has 1 fully saturated rings. The van der Waals surface area contributed by atoms with Crippen molar-refractivity contribution in [3.63, 3.8) is 0 Å². The molecule has 0 aromatic carbocycles. The van der Waals surface area contributed by atoms with Gasteiger partial charge in [0.15, 0.2) is 5.78 Å². The molecular weight excluding hydrogens is 370 g/mol. The molecule has 2 heterocycles. The maximum absolute atomic E-state index is 12.6. The number of rotatable bonds is 5. The van der Waals surface area contributed by atoms with Crippen molar-refractivity contribution in [3.8, 4) is 5.88 Å². The zero-order valence-electron chi connectivity index (χ0n) is 16.4. The van der Waals surface area contributed by atoms with E-state index in [1.807, 2.05) is 20.8 Å². The van der Waals surface area contributed by atoms with Crippen LogP contribution in [0.5, 0.6) is 5.88 Å². The minimum absolute atomic E-state index is 0.0733. The smallest absolute Gasteiger partial charge is 0.410 e. The first-order chi connectivity index (χ1) is 12.6. The predicted molar refractivity (Wildman–Crippen MR) is 104 cm³/mol. The Labute approximate surface area is 165 Å². The maximum Gasteiger partial charge on any atom is 0.410 e. The number of carbonyl (C=O) groups excluding carboxylic acids is 2. The van der Waals surface area contributed by atoms with Crippen molar-refractivity contribution in [1.82, 2.24) is 9.88 Å². The number of methoxy groups -OCH3 is 1. The van der Waals surface area contributed by atoms with Crippen molar-refractivity contribution in [1.29, 1.82) is 0 Å². The van der Waals surface area contributed by atoms with E-state index in [1.54, 1.807) is 4.90 Å². The third kappa shape index (κ3) is 5.99. The van der Waals surface area contributed by atoms with E-state index in [0.29, 0.717) is 31.0 Å². The number of anilines is 1. The van der Waals surface area contributed by atoms with E-state index in [-0.39, 0.29) is 28.6 Å². The van der Waals surface area contributed by atoms with E-state index in [0.717, 1.165) is 19.3 Å². The molecule has 0 spiro atoms. The number of amides is 1. The van der Waals surface area contributed by atoms with Crippen LogP contribution in [-0.4, -0.2) is 47.6 Å². The lowest BCUT2D eigenvalue weighted by Gasteiger charge is -2.33. The molecule has 2 rings (SSSR count). The summed E-state index contributed by atoms with van der Waals surface area (Å²) in [7, 11) is 1.44. The van der Waals surface area contributed by atoms with Gasteiger partial charge in [-0.15, -0.1) is 0 Å². The van der Waals surface area contributed by atoms with E-state index >= 15 is 0 Å². The van der Waals surface area contributed by atoms with Gasteiger partial charge in [-0.1, -0.05) is 11.6 Å². The second-order valence-corrected chi connectivity index (χ2v) is 8.19. The summed E-state index contributed by atoms with van der Waals surface area (Å²) in [6.45, 7) is 6.86. The van der Waals surface area contributed by atoms with Crippen LogP contribution in [0.15, 0.2) is 6.07 Å². The SMILES string of the molecule is COc1nc(N)c(Cl)cc1C(=O)CCC1CCN(C(=O)OC(C)(C)C)CC1. The van der Waals surface area contributed by atoms with Gasteiger partial charge >= 0.3 is 6.09 Å². The number of ketones is 1.